The molecular formula is C16H21N5O3. The van der Waals surface area contributed by atoms with E-state index in [1.165, 1.54) is 17.1 Å². The van der Waals surface area contributed by atoms with E-state index in [0.717, 1.165) is 12.0 Å². The van der Waals surface area contributed by atoms with Crippen LogP contribution in [0.4, 0.5) is 11.5 Å². The maximum atomic E-state index is 11.7. The van der Waals surface area contributed by atoms with Crippen LogP contribution in [0.5, 0.6) is 0 Å². The van der Waals surface area contributed by atoms with Crippen molar-refractivity contribution in [3.8, 4) is 0 Å². The van der Waals surface area contributed by atoms with Crippen molar-refractivity contribution < 1.29 is 9.72 Å². The van der Waals surface area contributed by atoms with Gasteiger partial charge in [0.05, 0.1) is 11.0 Å². The third-order valence-electron chi connectivity index (χ3n) is 3.80. The van der Waals surface area contributed by atoms with Crippen LogP contribution in [0, 0.1) is 10.1 Å². The number of hydrogen-bond donors (Lipinski definition) is 0. The molecule has 1 fully saturated rings. The zero-order valence-electron chi connectivity index (χ0n) is 14.0. The minimum absolute atomic E-state index is 0.0425. The fourth-order valence-electron chi connectivity index (χ4n) is 2.48. The number of rotatable bonds is 4. The molecule has 0 N–H and O–H groups in total. The fourth-order valence-corrected chi connectivity index (χ4v) is 2.48. The molecule has 3 rings (SSSR count). The molecule has 1 aliphatic rings. The van der Waals surface area contributed by atoms with Gasteiger partial charge in [0.15, 0.2) is 0 Å². The molecule has 0 aromatic carbocycles. The molecule has 0 aliphatic carbocycles. The van der Waals surface area contributed by atoms with Gasteiger partial charge in [0, 0.05) is 19.2 Å². The minimum atomic E-state index is -0.476. The number of carbonyl (C=O) groups excluding carboxylic acids is 1. The maximum absolute atomic E-state index is 11.7. The van der Waals surface area contributed by atoms with Crippen molar-refractivity contribution in [2.75, 3.05) is 11.4 Å². The van der Waals surface area contributed by atoms with Crippen molar-refractivity contribution in [1.29, 1.82) is 0 Å². The highest BCUT2D eigenvalue weighted by Crippen LogP contribution is 2.23. The highest BCUT2D eigenvalue weighted by atomic mass is 16.6. The Morgan fingerprint density at radius 3 is 2.54 bits per heavy atom. The van der Waals surface area contributed by atoms with Crippen LogP contribution in [0.1, 0.15) is 45.2 Å². The van der Waals surface area contributed by atoms with Gasteiger partial charge in [-0.25, -0.2) is 4.98 Å². The van der Waals surface area contributed by atoms with Gasteiger partial charge in [-0.3, -0.25) is 24.5 Å². The van der Waals surface area contributed by atoms with E-state index in [-0.39, 0.29) is 17.6 Å². The largest absolute Gasteiger partial charge is 0.307 e. The maximum Gasteiger partial charge on any atom is 0.307 e. The van der Waals surface area contributed by atoms with Gasteiger partial charge in [0.1, 0.15) is 18.2 Å². The first-order valence-corrected chi connectivity index (χ1v) is 8.01. The average molecular weight is 331 g/mol. The van der Waals surface area contributed by atoms with E-state index in [9.17, 15) is 14.9 Å². The molecule has 1 aliphatic heterocycles. The highest BCUT2D eigenvalue weighted by molar-refractivity contribution is 5.94. The zero-order valence-corrected chi connectivity index (χ0v) is 14.0. The van der Waals surface area contributed by atoms with Crippen LogP contribution in [-0.4, -0.2) is 32.1 Å². The van der Waals surface area contributed by atoms with Crippen LogP contribution in [0.3, 0.4) is 0 Å². The van der Waals surface area contributed by atoms with Gasteiger partial charge >= 0.3 is 5.69 Å². The standard InChI is InChI=1S/C14H15N5O3.C2H6/c1-10(18-9-12(8-16-18)19(21)22)11-4-5-13(15-7-11)17-6-2-3-14(17)20;1-2/h4-5,7-10H,2-3,6H2,1H3;1-2H3. The Balaban J connectivity index is 0.00000100. The monoisotopic (exact) mass is 331 g/mol. The van der Waals surface area contributed by atoms with Gasteiger partial charge in [0.2, 0.25) is 5.91 Å². The zero-order chi connectivity index (χ0) is 17.7. The number of nitro groups is 1. The molecule has 128 valence electrons. The lowest BCUT2D eigenvalue weighted by molar-refractivity contribution is -0.385. The first-order chi connectivity index (χ1) is 11.6. The van der Waals surface area contributed by atoms with E-state index >= 15 is 0 Å². The number of anilines is 1. The smallest absolute Gasteiger partial charge is 0.297 e. The second-order valence-electron chi connectivity index (χ2n) is 5.21. The summed E-state index contributed by atoms with van der Waals surface area (Å²) >= 11 is 0. The van der Waals surface area contributed by atoms with E-state index in [4.69, 9.17) is 0 Å². The summed E-state index contributed by atoms with van der Waals surface area (Å²) in [6.45, 7) is 6.58. The van der Waals surface area contributed by atoms with E-state index < -0.39 is 4.92 Å². The molecule has 1 atom stereocenters. The molecule has 8 heteroatoms. The van der Waals surface area contributed by atoms with Crippen LogP contribution in [0.15, 0.2) is 30.7 Å². The topological polar surface area (TPSA) is 94.2 Å². The molecule has 1 amide bonds. The van der Waals surface area contributed by atoms with Crippen molar-refractivity contribution in [1.82, 2.24) is 14.8 Å². The van der Waals surface area contributed by atoms with Crippen LogP contribution < -0.4 is 4.90 Å². The van der Waals surface area contributed by atoms with Gasteiger partial charge in [0.25, 0.3) is 0 Å². The molecular weight excluding hydrogens is 310 g/mol. The van der Waals surface area contributed by atoms with Crippen LogP contribution in [-0.2, 0) is 4.79 Å². The van der Waals surface area contributed by atoms with Crippen LogP contribution in [0.2, 0.25) is 0 Å². The molecule has 1 unspecified atom stereocenters. The normalized spacial score (nSPS) is 15.0. The van der Waals surface area contributed by atoms with Gasteiger partial charge in [-0.15, -0.1) is 0 Å². The molecule has 0 spiro atoms. The van der Waals surface area contributed by atoms with Crippen molar-refractivity contribution in [2.24, 2.45) is 0 Å². The second-order valence-corrected chi connectivity index (χ2v) is 5.21. The number of hydrogen-bond acceptors (Lipinski definition) is 5. The van der Waals surface area contributed by atoms with E-state index in [2.05, 4.69) is 10.1 Å². The summed E-state index contributed by atoms with van der Waals surface area (Å²) in [6, 6.07) is 3.49. The molecule has 0 radical (unpaired) electrons. The number of aromatic nitrogens is 3. The van der Waals surface area contributed by atoms with E-state index in [0.29, 0.717) is 18.8 Å². The number of nitrogens with zero attached hydrogens (tertiary/aromatic N) is 5. The molecule has 2 aromatic heterocycles. The summed E-state index contributed by atoms with van der Waals surface area (Å²) in [7, 11) is 0. The molecule has 1 saturated heterocycles. The van der Waals surface area contributed by atoms with Crippen LogP contribution >= 0.6 is 0 Å². The summed E-state index contributed by atoms with van der Waals surface area (Å²) in [5.74, 6) is 0.737. The van der Waals surface area contributed by atoms with Gasteiger partial charge in [-0.2, -0.15) is 5.10 Å². The van der Waals surface area contributed by atoms with Gasteiger partial charge < -0.3 is 0 Å². The number of amides is 1. The average Bonchev–Trinajstić information content (AvgIpc) is 3.25. The van der Waals surface area contributed by atoms with Gasteiger partial charge in [-0.05, 0) is 25.0 Å². The number of carbonyl (C=O) groups is 1. The summed E-state index contributed by atoms with van der Waals surface area (Å²) in [5, 5.41) is 14.7. The lowest BCUT2D eigenvalue weighted by Crippen LogP contribution is -2.24. The third-order valence-corrected chi connectivity index (χ3v) is 3.80. The number of pyridine rings is 1. The van der Waals surface area contributed by atoms with Crippen molar-refractivity contribution >= 4 is 17.4 Å². The first-order valence-electron chi connectivity index (χ1n) is 8.01. The summed E-state index contributed by atoms with van der Waals surface area (Å²) < 4.78 is 1.52. The predicted octanol–water partition coefficient (Wildman–Crippen LogP) is 2.95. The summed E-state index contributed by atoms with van der Waals surface area (Å²) in [5.41, 5.74) is 0.826. The lowest BCUT2D eigenvalue weighted by atomic mass is 10.1. The summed E-state index contributed by atoms with van der Waals surface area (Å²) in [4.78, 5) is 27.9. The third kappa shape index (κ3) is 3.58. The highest BCUT2D eigenvalue weighted by Gasteiger charge is 2.23. The Labute approximate surface area is 140 Å². The van der Waals surface area contributed by atoms with E-state index in [1.807, 2.05) is 26.8 Å². The Kier molecular flexibility index (Phi) is 5.62. The molecule has 8 nitrogen and oxygen atoms in total. The molecule has 2 aromatic rings. The molecule has 0 bridgehead atoms. The Morgan fingerprint density at radius 1 is 1.29 bits per heavy atom. The SMILES string of the molecule is CC.CC(c1ccc(N2CCCC2=O)nc1)n1cc([N+](=O)[O-])cn1. The molecule has 0 saturated carbocycles. The fraction of sp³-hybridized carbons (Fsp3) is 0.438. The van der Waals surface area contributed by atoms with Crippen molar-refractivity contribution in [3.63, 3.8) is 0 Å². The van der Waals surface area contributed by atoms with Crippen molar-refractivity contribution in [2.45, 2.75) is 39.7 Å². The first kappa shape index (κ1) is 17.6. The molecule has 3 heterocycles. The quantitative estimate of drug-likeness (QED) is 0.634. The second kappa shape index (κ2) is 7.67. The van der Waals surface area contributed by atoms with E-state index in [1.54, 1.807) is 17.2 Å². The van der Waals surface area contributed by atoms with Crippen molar-refractivity contribution in [3.05, 3.63) is 46.4 Å². The Morgan fingerprint density at radius 2 is 2.04 bits per heavy atom. The predicted molar refractivity (Wildman–Crippen MR) is 89.9 cm³/mol. The molecule has 24 heavy (non-hydrogen) atoms. The van der Waals surface area contributed by atoms with Gasteiger partial charge in [-0.1, -0.05) is 19.9 Å². The minimum Gasteiger partial charge on any atom is -0.297 e. The Bertz CT molecular complexity index is 711. The van der Waals surface area contributed by atoms with Crippen LogP contribution in [0.25, 0.3) is 0 Å². The lowest BCUT2D eigenvalue weighted by Gasteiger charge is -2.16. The summed E-state index contributed by atoms with van der Waals surface area (Å²) in [6.07, 6.45) is 5.72. The Hall–Kier alpha value is -2.77.